The molecule has 0 spiro atoms. The molecule has 1 aliphatic rings. The van der Waals surface area contributed by atoms with Crippen LogP contribution < -0.4 is 5.32 Å². The number of hydrogen-bond donors (Lipinski definition) is 1. The number of allylic oxidation sites excluding steroid dienone is 2. The Hall–Kier alpha value is -1.65. The number of ether oxygens (including phenoxy) is 1. The Morgan fingerprint density at radius 2 is 2.05 bits per heavy atom. The molecule has 0 aromatic rings. The van der Waals surface area contributed by atoms with E-state index in [4.69, 9.17) is 0 Å². The van der Waals surface area contributed by atoms with E-state index in [9.17, 15) is 14.4 Å². The first kappa shape index (κ1) is 15.4. The normalized spacial score (nSPS) is 23.5. The minimum Gasteiger partial charge on any atom is -0.469 e. The van der Waals surface area contributed by atoms with Crippen molar-refractivity contribution in [3.8, 4) is 0 Å². The molecule has 0 saturated carbocycles. The largest absolute Gasteiger partial charge is 0.469 e. The number of amides is 1. The molecule has 1 aliphatic carbocycles. The Morgan fingerprint density at radius 1 is 1.37 bits per heavy atom. The summed E-state index contributed by atoms with van der Waals surface area (Å²) in [6, 6.07) is -0.803. The average Bonchev–Trinajstić information content (AvgIpc) is 2.38. The van der Waals surface area contributed by atoms with Crippen LogP contribution in [0.5, 0.6) is 0 Å². The van der Waals surface area contributed by atoms with Gasteiger partial charge in [-0.3, -0.25) is 14.4 Å². The maximum absolute atomic E-state index is 12.3. The van der Waals surface area contributed by atoms with Crippen LogP contribution in [-0.4, -0.2) is 30.8 Å². The van der Waals surface area contributed by atoms with Gasteiger partial charge in [-0.1, -0.05) is 19.1 Å². The number of esters is 1. The summed E-state index contributed by atoms with van der Waals surface area (Å²) in [6.07, 6.45) is 6.16. The molecular weight excluding hydrogens is 246 g/mol. The maximum atomic E-state index is 12.3. The molecule has 2 unspecified atom stereocenters. The van der Waals surface area contributed by atoms with Crippen LogP contribution in [0.1, 0.15) is 39.5 Å². The highest BCUT2D eigenvalue weighted by Crippen LogP contribution is 2.32. The van der Waals surface area contributed by atoms with Gasteiger partial charge in [-0.15, -0.1) is 0 Å². The molecule has 1 N–H and O–H groups in total. The quantitative estimate of drug-likeness (QED) is 0.603. The van der Waals surface area contributed by atoms with Crippen LogP contribution >= 0.6 is 0 Å². The van der Waals surface area contributed by atoms with Gasteiger partial charge in [0.2, 0.25) is 5.91 Å². The minimum atomic E-state index is -0.803. The Labute approximate surface area is 113 Å². The standard InChI is InChI=1S/C14H21NO4/c1-10(16)11(9-12(17)19-3)15-13(18)14(2)7-5-4-6-8-14/h4-5,11H,6-9H2,1-3H3,(H,15,18). The highest BCUT2D eigenvalue weighted by molar-refractivity contribution is 5.92. The third kappa shape index (κ3) is 4.19. The second kappa shape index (κ2) is 6.50. The van der Waals surface area contributed by atoms with E-state index in [2.05, 4.69) is 10.1 Å². The first-order valence-electron chi connectivity index (χ1n) is 6.42. The Morgan fingerprint density at radius 3 is 2.53 bits per heavy atom. The number of Topliss-reactive ketones (excluding diaryl/α,β-unsaturated/α-hetero) is 1. The summed E-state index contributed by atoms with van der Waals surface area (Å²) in [6.45, 7) is 3.23. The van der Waals surface area contributed by atoms with Crippen molar-refractivity contribution in [2.75, 3.05) is 7.11 Å². The molecule has 0 aliphatic heterocycles. The van der Waals surface area contributed by atoms with E-state index < -0.39 is 17.4 Å². The van der Waals surface area contributed by atoms with Crippen LogP contribution in [0.15, 0.2) is 12.2 Å². The SMILES string of the molecule is COC(=O)CC(NC(=O)C1(C)CC=CCC1)C(C)=O. The molecule has 1 amide bonds. The van der Waals surface area contributed by atoms with Crippen LogP contribution in [0.25, 0.3) is 0 Å². The predicted molar refractivity (Wildman–Crippen MR) is 70.3 cm³/mol. The molecular formula is C14H21NO4. The van der Waals surface area contributed by atoms with Gasteiger partial charge in [-0.05, 0) is 26.2 Å². The van der Waals surface area contributed by atoms with E-state index in [0.717, 1.165) is 12.8 Å². The molecule has 0 aromatic carbocycles. The van der Waals surface area contributed by atoms with Gasteiger partial charge in [0, 0.05) is 0 Å². The van der Waals surface area contributed by atoms with Gasteiger partial charge in [0.05, 0.1) is 25.0 Å². The van der Waals surface area contributed by atoms with E-state index in [1.807, 2.05) is 19.1 Å². The van der Waals surface area contributed by atoms with Crippen molar-refractivity contribution in [3.05, 3.63) is 12.2 Å². The summed E-state index contributed by atoms with van der Waals surface area (Å²) in [5.74, 6) is -0.927. The Bertz CT molecular complexity index is 402. The number of nitrogens with one attached hydrogen (secondary N) is 1. The molecule has 0 bridgehead atoms. The van der Waals surface area contributed by atoms with Crippen LogP contribution in [0.3, 0.4) is 0 Å². The zero-order valence-corrected chi connectivity index (χ0v) is 11.7. The molecule has 2 atom stereocenters. The van der Waals surface area contributed by atoms with Crippen molar-refractivity contribution in [2.24, 2.45) is 5.41 Å². The fourth-order valence-electron chi connectivity index (χ4n) is 2.05. The van der Waals surface area contributed by atoms with Crippen molar-refractivity contribution in [3.63, 3.8) is 0 Å². The van der Waals surface area contributed by atoms with E-state index in [0.29, 0.717) is 6.42 Å². The number of methoxy groups -OCH3 is 1. The molecule has 1 rings (SSSR count). The fraction of sp³-hybridized carbons (Fsp3) is 0.643. The van der Waals surface area contributed by atoms with Crippen molar-refractivity contribution < 1.29 is 19.1 Å². The molecule has 0 heterocycles. The lowest BCUT2D eigenvalue weighted by atomic mass is 9.78. The molecule has 0 fully saturated rings. The van der Waals surface area contributed by atoms with E-state index >= 15 is 0 Å². The van der Waals surface area contributed by atoms with Crippen LogP contribution in [0.4, 0.5) is 0 Å². The van der Waals surface area contributed by atoms with E-state index in [-0.39, 0.29) is 18.1 Å². The van der Waals surface area contributed by atoms with Gasteiger partial charge in [0.15, 0.2) is 5.78 Å². The number of carbonyl (C=O) groups excluding carboxylic acids is 3. The van der Waals surface area contributed by atoms with Gasteiger partial charge in [0.25, 0.3) is 0 Å². The summed E-state index contributed by atoms with van der Waals surface area (Å²) in [5.41, 5.74) is -0.501. The zero-order valence-electron chi connectivity index (χ0n) is 11.7. The molecule has 5 nitrogen and oxygen atoms in total. The second-order valence-corrected chi connectivity index (χ2v) is 5.19. The van der Waals surface area contributed by atoms with Gasteiger partial charge < -0.3 is 10.1 Å². The second-order valence-electron chi connectivity index (χ2n) is 5.19. The third-order valence-electron chi connectivity index (χ3n) is 3.54. The number of ketones is 1. The molecule has 106 valence electrons. The Balaban J connectivity index is 2.68. The molecule has 5 heteroatoms. The maximum Gasteiger partial charge on any atom is 0.308 e. The summed E-state index contributed by atoms with van der Waals surface area (Å²) in [4.78, 5) is 35.0. The van der Waals surface area contributed by atoms with Crippen molar-refractivity contribution in [1.29, 1.82) is 0 Å². The first-order valence-corrected chi connectivity index (χ1v) is 6.42. The van der Waals surface area contributed by atoms with Gasteiger partial charge in [0.1, 0.15) is 0 Å². The lowest BCUT2D eigenvalue weighted by Crippen LogP contribution is -2.48. The summed E-state index contributed by atoms with van der Waals surface area (Å²) in [7, 11) is 1.26. The number of carbonyl (C=O) groups is 3. The zero-order chi connectivity index (χ0) is 14.5. The summed E-state index contributed by atoms with van der Waals surface area (Å²) in [5, 5.41) is 2.67. The van der Waals surface area contributed by atoms with Crippen LogP contribution in [0.2, 0.25) is 0 Å². The minimum absolute atomic E-state index is 0.122. The third-order valence-corrected chi connectivity index (χ3v) is 3.54. The molecule has 0 radical (unpaired) electrons. The van der Waals surface area contributed by atoms with Crippen molar-refractivity contribution in [2.45, 2.75) is 45.6 Å². The summed E-state index contributed by atoms with van der Waals surface area (Å²) < 4.78 is 4.53. The lowest BCUT2D eigenvalue weighted by molar-refractivity contribution is -0.143. The van der Waals surface area contributed by atoms with Crippen molar-refractivity contribution in [1.82, 2.24) is 5.32 Å². The predicted octanol–water partition coefficient (Wildman–Crippen LogP) is 1.37. The smallest absolute Gasteiger partial charge is 0.308 e. The fourth-order valence-corrected chi connectivity index (χ4v) is 2.05. The van der Waals surface area contributed by atoms with Gasteiger partial charge in [-0.2, -0.15) is 0 Å². The lowest BCUT2D eigenvalue weighted by Gasteiger charge is -2.30. The molecule has 0 aromatic heterocycles. The Kier molecular flexibility index (Phi) is 5.27. The topological polar surface area (TPSA) is 72.5 Å². The van der Waals surface area contributed by atoms with E-state index in [1.165, 1.54) is 14.0 Å². The molecule has 19 heavy (non-hydrogen) atoms. The number of hydrogen-bond acceptors (Lipinski definition) is 4. The van der Waals surface area contributed by atoms with Crippen molar-refractivity contribution >= 4 is 17.7 Å². The van der Waals surface area contributed by atoms with Gasteiger partial charge >= 0.3 is 5.97 Å². The molecule has 0 saturated heterocycles. The van der Waals surface area contributed by atoms with E-state index in [1.54, 1.807) is 0 Å². The van der Waals surface area contributed by atoms with Crippen LogP contribution in [-0.2, 0) is 19.1 Å². The highest BCUT2D eigenvalue weighted by Gasteiger charge is 2.35. The summed E-state index contributed by atoms with van der Waals surface area (Å²) >= 11 is 0. The average molecular weight is 267 g/mol. The monoisotopic (exact) mass is 267 g/mol. The highest BCUT2D eigenvalue weighted by atomic mass is 16.5. The first-order chi connectivity index (χ1) is 8.89. The number of rotatable bonds is 5. The van der Waals surface area contributed by atoms with Gasteiger partial charge in [-0.25, -0.2) is 0 Å². The van der Waals surface area contributed by atoms with Crippen LogP contribution in [0, 0.1) is 5.41 Å².